The van der Waals surface area contributed by atoms with Crippen LogP contribution in [0.15, 0.2) is 47.4 Å². The van der Waals surface area contributed by atoms with E-state index < -0.39 is 20.8 Å². The number of benzene rings is 2. The van der Waals surface area contributed by atoms with Gasteiger partial charge in [0.25, 0.3) is 10.1 Å². The van der Waals surface area contributed by atoms with Crippen molar-refractivity contribution in [3.63, 3.8) is 0 Å². The van der Waals surface area contributed by atoms with Gasteiger partial charge < -0.3 is 9.84 Å². The van der Waals surface area contributed by atoms with Gasteiger partial charge in [-0.2, -0.15) is 8.42 Å². The van der Waals surface area contributed by atoms with Crippen molar-refractivity contribution in [1.82, 2.24) is 0 Å². The summed E-state index contributed by atoms with van der Waals surface area (Å²) < 4.78 is 37.0. The Morgan fingerprint density at radius 3 is 1.88 bits per heavy atom. The van der Waals surface area contributed by atoms with E-state index in [-0.39, 0.29) is 57.1 Å². The molecule has 7 heteroatoms. The molecule has 0 bridgehead atoms. The van der Waals surface area contributed by atoms with E-state index in [1.807, 2.05) is 12.1 Å². The second-order valence-corrected chi connectivity index (χ2v) is 9.86. The number of rotatable bonds is 16. The fourth-order valence-electron chi connectivity index (χ4n) is 3.84. The second-order valence-electron chi connectivity index (χ2n) is 8.47. The summed E-state index contributed by atoms with van der Waals surface area (Å²) in [6, 6.07) is 11.2. The summed E-state index contributed by atoms with van der Waals surface area (Å²) in [7, 11) is -4.52. The van der Waals surface area contributed by atoms with Gasteiger partial charge >= 0.3 is 51.4 Å². The van der Waals surface area contributed by atoms with Crippen molar-refractivity contribution in [3.8, 4) is 17.2 Å². The standard InChI is InChI=1S/C26H38O5S.K/c1-2-3-4-5-6-7-8-9-10-11-12-13-15-22-16-14-17-23(20-22)31-24-18-19-26(25(27)21-24)32(28,29)30;/h14,16-21,27H,2-13,15H2,1H3,(H,28,29,30);/q;+1/p-1. The third-order valence-corrected chi connectivity index (χ3v) is 6.54. The molecule has 0 radical (unpaired) electrons. The Balaban J connectivity index is 0.00000544. The van der Waals surface area contributed by atoms with Gasteiger partial charge in [0, 0.05) is 0 Å². The topological polar surface area (TPSA) is 86.7 Å². The predicted molar refractivity (Wildman–Crippen MR) is 127 cm³/mol. The average molecular weight is 501 g/mol. The van der Waals surface area contributed by atoms with Gasteiger partial charge in [-0.25, -0.2) is 0 Å². The third-order valence-electron chi connectivity index (χ3n) is 5.65. The van der Waals surface area contributed by atoms with Gasteiger partial charge in [0.1, 0.15) is 11.5 Å². The van der Waals surface area contributed by atoms with Crippen molar-refractivity contribution in [1.29, 1.82) is 0 Å². The van der Waals surface area contributed by atoms with Crippen LogP contribution in [-0.2, 0) is 16.5 Å². The van der Waals surface area contributed by atoms with Crippen LogP contribution in [0.2, 0.25) is 0 Å². The molecule has 0 aromatic heterocycles. The van der Waals surface area contributed by atoms with Gasteiger partial charge in [-0.3, -0.25) is 4.55 Å². The molecule has 0 atom stereocenters. The molecule has 5 nitrogen and oxygen atoms in total. The Kier molecular flexibility index (Phi) is 15.9. The van der Waals surface area contributed by atoms with Crippen molar-refractivity contribution >= 4 is 10.1 Å². The van der Waals surface area contributed by atoms with Crippen LogP contribution >= 0.6 is 0 Å². The summed E-state index contributed by atoms with van der Waals surface area (Å²) >= 11 is 0. The van der Waals surface area contributed by atoms with Crippen molar-refractivity contribution < 1.29 is 74.2 Å². The maximum atomic E-state index is 11.9. The first-order chi connectivity index (χ1) is 15.4. The summed E-state index contributed by atoms with van der Waals surface area (Å²) in [6.45, 7) is 2.26. The maximum absolute atomic E-state index is 11.9. The zero-order valence-corrected chi connectivity index (χ0v) is 24.2. The Morgan fingerprint density at radius 2 is 1.33 bits per heavy atom. The van der Waals surface area contributed by atoms with Gasteiger partial charge in [-0.1, -0.05) is 95.4 Å². The molecule has 0 fully saturated rings. The summed E-state index contributed by atoms with van der Waals surface area (Å²) in [4.78, 5) is -0.648. The largest absolute Gasteiger partial charge is 1.00 e. The molecule has 0 saturated heterocycles. The fraction of sp³-hybridized carbons (Fsp3) is 0.538. The van der Waals surface area contributed by atoms with Gasteiger partial charge in [-0.05, 0) is 48.7 Å². The minimum absolute atomic E-state index is 0. The minimum Gasteiger partial charge on any atom is -0.871 e. The molecular weight excluding hydrogens is 463 g/mol. The number of hydrogen-bond donors (Lipinski definition) is 1. The number of ether oxygens (including phenoxy) is 1. The predicted octanol–water partition coefficient (Wildman–Crippen LogP) is 4.05. The molecule has 0 spiro atoms. The van der Waals surface area contributed by atoms with Gasteiger partial charge in [0.05, 0.1) is 4.90 Å². The van der Waals surface area contributed by atoms with Crippen LogP contribution in [0.4, 0.5) is 0 Å². The first-order valence-electron chi connectivity index (χ1n) is 12.0. The fourth-order valence-corrected chi connectivity index (χ4v) is 4.39. The maximum Gasteiger partial charge on any atom is 1.00 e. The van der Waals surface area contributed by atoms with Crippen LogP contribution in [0.3, 0.4) is 0 Å². The van der Waals surface area contributed by atoms with Crippen molar-refractivity contribution in [3.05, 3.63) is 48.0 Å². The second kappa shape index (κ2) is 17.1. The van der Waals surface area contributed by atoms with Crippen LogP contribution in [0.5, 0.6) is 17.2 Å². The molecule has 1 N–H and O–H groups in total. The number of aryl methyl sites for hydroxylation is 1. The van der Waals surface area contributed by atoms with Crippen LogP contribution in [0.1, 0.15) is 89.5 Å². The average Bonchev–Trinajstić information content (AvgIpc) is 2.74. The molecule has 0 amide bonds. The first kappa shape index (κ1) is 30.6. The molecule has 2 aromatic rings. The van der Waals surface area contributed by atoms with Gasteiger partial charge in [0.15, 0.2) is 0 Å². The van der Waals surface area contributed by atoms with E-state index in [4.69, 9.17) is 9.29 Å². The third kappa shape index (κ3) is 12.7. The molecule has 0 aliphatic heterocycles. The molecule has 0 saturated carbocycles. The number of unbranched alkanes of at least 4 members (excludes halogenated alkanes) is 11. The molecule has 33 heavy (non-hydrogen) atoms. The van der Waals surface area contributed by atoms with E-state index in [9.17, 15) is 13.5 Å². The molecule has 0 aliphatic rings. The Hall–Kier alpha value is -0.414. The van der Waals surface area contributed by atoms with E-state index in [2.05, 4.69) is 13.0 Å². The van der Waals surface area contributed by atoms with Crippen LogP contribution in [-0.4, -0.2) is 13.0 Å². The van der Waals surface area contributed by atoms with Gasteiger partial charge in [0.2, 0.25) is 0 Å². The molecule has 0 unspecified atom stereocenters. The first-order valence-corrected chi connectivity index (χ1v) is 13.4. The molecule has 2 rings (SSSR count). The molecule has 0 aliphatic carbocycles. The molecular formula is C26H37KO5S. The van der Waals surface area contributed by atoms with E-state index in [1.165, 1.54) is 82.3 Å². The summed E-state index contributed by atoms with van der Waals surface area (Å²) in [5.41, 5.74) is 1.17. The summed E-state index contributed by atoms with van der Waals surface area (Å²) in [5, 5.41) is 11.9. The quantitative estimate of drug-likeness (QED) is 0.213. The zero-order chi connectivity index (χ0) is 23.2. The summed E-state index contributed by atoms with van der Waals surface area (Å²) in [5.74, 6) is 0.0444. The normalized spacial score (nSPS) is 11.2. The Morgan fingerprint density at radius 1 is 0.788 bits per heavy atom. The molecule has 0 heterocycles. The van der Waals surface area contributed by atoms with E-state index >= 15 is 0 Å². The van der Waals surface area contributed by atoms with E-state index in [1.54, 1.807) is 6.07 Å². The Bertz CT molecular complexity index is 915. The van der Waals surface area contributed by atoms with Crippen LogP contribution in [0.25, 0.3) is 0 Å². The summed E-state index contributed by atoms with van der Waals surface area (Å²) in [6.07, 6.45) is 16.9. The van der Waals surface area contributed by atoms with Crippen LogP contribution in [0, 0.1) is 0 Å². The smallest absolute Gasteiger partial charge is 0.871 e. The minimum atomic E-state index is -4.52. The van der Waals surface area contributed by atoms with Crippen molar-refractivity contribution in [2.45, 2.75) is 95.3 Å². The van der Waals surface area contributed by atoms with E-state index in [0.717, 1.165) is 25.0 Å². The van der Waals surface area contributed by atoms with Crippen LogP contribution < -0.4 is 61.2 Å². The number of hydrogen-bond acceptors (Lipinski definition) is 4. The monoisotopic (exact) mass is 500 g/mol. The molecule has 178 valence electrons. The van der Waals surface area contributed by atoms with Gasteiger partial charge in [-0.15, -0.1) is 0 Å². The van der Waals surface area contributed by atoms with Crippen molar-refractivity contribution in [2.75, 3.05) is 0 Å². The zero-order valence-electron chi connectivity index (χ0n) is 20.2. The molecule has 2 aromatic carbocycles. The van der Waals surface area contributed by atoms with E-state index in [0.29, 0.717) is 5.75 Å². The van der Waals surface area contributed by atoms with Crippen molar-refractivity contribution in [2.24, 2.45) is 0 Å². The SMILES string of the molecule is CCCCCCCCCCCCCCc1cccc(Oc2ccc(S(=O)(=O)O)c([O-])c2)c1.[K+]. The Labute approximate surface area is 242 Å².